The van der Waals surface area contributed by atoms with E-state index in [0.29, 0.717) is 5.76 Å². The maximum Gasteiger partial charge on any atom is 0.185 e. The van der Waals surface area contributed by atoms with E-state index in [1.807, 2.05) is 12.1 Å². The van der Waals surface area contributed by atoms with Crippen LogP contribution in [0, 0.1) is 0 Å². The first-order valence-corrected chi connectivity index (χ1v) is 4.18. The molecule has 2 aromatic rings. The van der Waals surface area contributed by atoms with Crippen LogP contribution in [0.4, 0.5) is 0 Å². The summed E-state index contributed by atoms with van der Waals surface area (Å²) in [5.74, 6) is 0.677. The molecule has 0 atom stereocenters. The second-order valence-electron chi connectivity index (χ2n) is 2.24. The summed E-state index contributed by atoms with van der Waals surface area (Å²) < 4.78 is 5.92. The fourth-order valence-electron chi connectivity index (χ4n) is 0.887. The Morgan fingerprint density at radius 2 is 2.17 bits per heavy atom. The minimum Gasteiger partial charge on any atom is -0.355 e. The van der Waals surface area contributed by atoms with Crippen molar-refractivity contribution in [1.29, 1.82) is 0 Å². The van der Waals surface area contributed by atoms with Crippen molar-refractivity contribution in [1.82, 2.24) is 10.1 Å². The van der Waals surface area contributed by atoms with E-state index < -0.39 is 0 Å². The van der Waals surface area contributed by atoms with Crippen LogP contribution < -0.4 is 0 Å². The summed E-state index contributed by atoms with van der Waals surface area (Å²) in [5, 5.41) is 3.60. The Morgan fingerprint density at radius 3 is 2.83 bits per heavy atom. The van der Waals surface area contributed by atoms with Crippen molar-refractivity contribution in [2.24, 2.45) is 0 Å². The summed E-state index contributed by atoms with van der Waals surface area (Å²) in [5.41, 5.74) is 0.780. The number of nitrogens with zero attached hydrogens (tertiary/aromatic N) is 2. The summed E-state index contributed by atoms with van der Waals surface area (Å²) >= 11 is 3.35. The molecule has 0 N–H and O–H groups in total. The summed E-state index contributed by atoms with van der Waals surface area (Å²) in [4.78, 5) is 4.12. The minimum absolute atomic E-state index is 0.677. The molecule has 0 aliphatic rings. The van der Waals surface area contributed by atoms with Crippen LogP contribution in [0.1, 0.15) is 0 Å². The number of hydrogen-bond acceptors (Lipinski definition) is 3. The first kappa shape index (κ1) is 7.49. The maximum absolute atomic E-state index is 4.94. The predicted molar refractivity (Wildman–Crippen MR) is 47.4 cm³/mol. The van der Waals surface area contributed by atoms with Gasteiger partial charge in [0.05, 0.1) is 6.20 Å². The summed E-state index contributed by atoms with van der Waals surface area (Å²) in [6.07, 6.45) is 3.31. The third kappa shape index (κ3) is 1.38. The van der Waals surface area contributed by atoms with Gasteiger partial charge in [0, 0.05) is 16.7 Å². The Hall–Kier alpha value is -1.16. The van der Waals surface area contributed by atoms with Gasteiger partial charge in [0.2, 0.25) is 0 Å². The highest BCUT2D eigenvalue weighted by Gasteiger charge is 2.02. The van der Waals surface area contributed by atoms with Crippen LogP contribution in [0.15, 0.2) is 39.6 Å². The molecular weight excluding hydrogens is 220 g/mol. The molecule has 0 radical (unpaired) electrons. The molecule has 0 aliphatic heterocycles. The molecular formula is C8H5BrN2O. The van der Waals surface area contributed by atoms with Gasteiger partial charge in [0.15, 0.2) is 5.76 Å². The molecule has 3 nitrogen and oxygen atoms in total. The molecule has 0 unspecified atom stereocenters. The number of aromatic nitrogens is 2. The molecule has 60 valence electrons. The van der Waals surface area contributed by atoms with Crippen LogP contribution in [-0.2, 0) is 0 Å². The third-order valence-electron chi connectivity index (χ3n) is 1.41. The molecule has 0 fully saturated rings. The lowest BCUT2D eigenvalue weighted by molar-refractivity contribution is 0.431. The monoisotopic (exact) mass is 224 g/mol. The highest BCUT2D eigenvalue weighted by molar-refractivity contribution is 9.10. The standard InChI is InChI=1S/C8H5BrN2O/c9-6-1-3-10-7(5-6)8-2-4-11-12-8/h1-5H. The Bertz CT molecular complexity index is 372. The molecule has 0 saturated carbocycles. The largest absolute Gasteiger partial charge is 0.355 e. The van der Waals surface area contributed by atoms with E-state index in [4.69, 9.17) is 4.52 Å². The van der Waals surface area contributed by atoms with E-state index in [1.54, 1.807) is 18.5 Å². The lowest BCUT2D eigenvalue weighted by Gasteiger charge is -1.93. The number of rotatable bonds is 1. The van der Waals surface area contributed by atoms with Gasteiger partial charge in [-0.3, -0.25) is 4.98 Å². The molecule has 0 aromatic carbocycles. The molecule has 0 spiro atoms. The first-order chi connectivity index (χ1) is 5.86. The normalized spacial score (nSPS) is 10.1. The van der Waals surface area contributed by atoms with E-state index in [0.717, 1.165) is 10.2 Å². The summed E-state index contributed by atoms with van der Waals surface area (Å²) in [6, 6.07) is 5.51. The SMILES string of the molecule is Brc1ccnc(-c2ccno2)c1. The lowest BCUT2D eigenvalue weighted by Crippen LogP contribution is -1.78. The second-order valence-corrected chi connectivity index (χ2v) is 3.15. The van der Waals surface area contributed by atoms with E-state index in [1.165, 1.54) is 0 Å². The highest BCUT2D eigenvalue weighted by atomic mass is 79.9. The van der Waals surface area contributed by atoms with Crippen LogP contribution >= 0.6 is 15.9 Å². The van der Waals surface area contributed by atoms with Crippen LogP contribution in [0.5, 0.6) is 0 Å². The van der Waals surface area contributed by atoms with Gasteiger partial charge in [-0.15, -0.1) is 0 Å². The Labute approximate surface area is 77.5 Å². The van der Waals surface area contributed by atoms with Crippen LogP contribution in [0.25, 0.3) is 11.5 Å². The molecule has 2 aromatic heterocycles. The average molecular weight is 225 g/mol. The Kier molecular flexibility index (Phi) is 1.91. The predicted octanol–water partition coefficient (Wildman–Crippen LogP) is 2.50. The number of halogens is 1. The Morgan fingerprint density at radius 1 is 1.25 bits per heavy atom. The fourth-order valence-corrected chi connectivity index (χ4v) is 1.22. The van der Waals surface area contributed by atoms with Crippen molar-refractivity contribution < 1.29 is 4.52 Å². The zero-order valence-corrected chi connectivity index (χ0v) is 7.65. The topological polar surface area (TPSA) is 38.9 Å². The summed E-state index contributed by atoms with van der Waals surface area (Å²) in [7, 11) is 0. The van der Waals surface area contributed by atoms with Gasteiger partial charge in [-0.2, -0.15) is 0 Å². The number of pyridine rings is 1. The molecule has 4 heteroatoms. The quantitative estimate of drug-likeness (QED) is 0.748. The van der Waals surface area contributed by atoms with Gasteiger partial charge in [-0.1, -0.05) is 21.1 Å². The first-order valence-electron chi connectivity index (χ1n) is 3.39. The van der Waals surface area contributed by atoms with Crippen molar-refractivity contribution in [3.05, 3.63) is 35.1 Å². The van der Waals surface area contributed by atoms with Gasteiger partial charge in [0.1, 0.15) is 5.69 Å². The van der Waals surface area contributed by atoms with Crippen LogP contribution in [0.2, 0.25) is 0 Å². The zero-order chi connectivity index (χ0) is 8.39. The molecule has 12 heavy (non-hydrogen) atoms. The average Bonchev–Trinajstić information content (AvgIpc) is 2.56. The van der Waals surface area contributed by atoms with E-state index in [2.05, 4.69) is 26.1 Å². The molecule has 0 bridgehead atoms. The lowest BCUT2D eigenvalue weighted by atomic mass is 10.3. The van der Waals surface area contributed by atoms with Gasteiger partial charge < -0.3 is 4.52 Å². The number of hydrogen-bond donors (Lipinski definition) is 0. The van der Waals surface area contributed by atoms with E-state index in [9.17, 15) is 0 Å². The highest BCUT2D eigenvalue weighted by Crippen LogP contribution is 2.19. The Balaban J connectivity index is 2.48. The van der Waals surface area contributed by atoms with Crippen molar-refractivity contribution in [2.45, 2.75) is 0 Å². The maximum atomic E-state index is 4.94. The fraction of sp³-hybridized carbons (Fsp3) is 0. The minimum atomic E-state index is 0.677. The second kappa shape index (κ2) is 3.06. The smallest absolute Gasteiger partial charge is 0.185 e. The van der Waals surface area contributed by atoms with Crippen LogP contribution in [-0.4, -0.2) is 10.1 Å². The van der Waals surface area contributed by atoms with Crippen molar-refractivity contribution >= 4 is 15.9 Å². The van der Waals surface area contributed by atoms with Gasteiger partial charge in [-0.05, 0) is 12.1 Å². The van der Waals surface area contributed by atoms with Crippen LogP contribution in [0.3, 0.4) is 0 Å². The van der Waals surface area contributed by atoms with Gasteiger partial charge in [-0.25, -0.2) is 0 Å². The van der Waals surface area contributed by atoms with Crippen molar-refractivity contribution in [2.75, 3.05) is 0 Å². The molecule has 2 heterocycles. The van der Waals surface area contributed by atoms with Crippen molar-refractivity contribution in [3.63, 3.8) is 0 Å². The molecule has 2 rings (SSSR count). The van der Waals surface area contributed by atoms with E-state index in [-0.39, 0.29) is 0 Å². The molecule has 0 aliphatic carbocycles. The van der Waals surface area contributed by atoms with Crippen molar-refractivity contribution in [3.8, 4) is 11.5 Å². The van der Waals surface area contributed by atoms with Gasteiger partial charge >= 0.3 is 0 Å². The summed E-state index contributed by atoms with van der Waals surface area (Å²) in [6.45, 7) is 0. The van der Waals surface area contributed by atoms with Gasteiger partial charge in [0.25, 0.3) is 0 Å². The zero-order valence-electron chi connectivity index (χ0n) is 6.07. The molecule has 0 saturated heterocycles. The third-order valence-corrected chi connectivity index (χ3v) is 1.91. The molecule has 0 amide bonds. The van der Waals surface area contributed by atoms with E-state index >= 15 is 0 Å².